The Morgan fingerprint density at radius 3 is 2.31 bits per heavy atom. The van der Waals surface area contributed by atoms with Crippen molar-refractivity contribution in [3.05, 3.63) is 11.6 Å². The minimum atomic E-state index is -1.64. The highest BCUT2D eigenvalue weighted by molar-refractivity contribution is 5.95. The second-order valence-electron chi connectivity index (χ2n) is 16.0. The fourth-order valence-electron chi connectivity index (χ4n) is 9.81. The van der Waals surface area contributed by atoms with Crippen LogP contribution in [0.1, 0.15) is 86.0 Å². The molecule has 5 rings (SSSR count). The molecule has 45 heavy (non-hydrogen) atoms. The molecule has 4 fully saturated rings. The van der Waals surface area contributed by atoms with Crippen molar-refractivity contribution in [2.24, 2.45) is 28.6 Å². The predicted molar refractivity (Wildman–Crippen MR) is 159 cm³/mol. The molecule has 12 nitrogen and oxygen atoms in total. The first kappa shape index (κ1) is 35.3. The van der Waals surface area contributed by atoms with Crippen molar-refractivity contribution in [2.75, 3.05) is 6.61 Å². The van der Waals surface area contributed by atoms with E-state index in [0.29, 0.717) is 37.7 Å². The number of carbonyl (C=O) groups excluding carboxylic acids is 1. The zero-order valence-corrected chi connectivity index (χ0v) is 27.0. The number of allylic oxidation sites excluding steroid dienone is 1. The smallest absolute Gasteiger partial charge is 0.187 e. The maximum atomic E-state index is 13.9. The van der Waals surface area contributed by atoms with Crippen LogP contribution in [-0.4, -0.2) is 124 Å². The van der Waals surface area contributed by atoms with Crippen molar-refractivity contribution >= 4 is 5.78 Å². The van der Waals surface area contributed by atoms with Gasteiger partial charge in [-0.15, -0.1) is 0 Å². The lowest BCUT2D eigenvalue weighted by atomic mass is 9.45. The third-order valence-corrected chi connectivity index (χ3v) is 12.7. The monoisotopic (exact) mass is 642 g/mol. The number of carbonyl (C=O) groups is 1. The maximum absolute atomic E-state index is 13.9. The molecule has 0 aromatic heterocycles. The number of hydrogen-bond donors (Lipinski definition) is 9. The minimum absolute atomic E-state index is 0.103. The van der Waals surface area contributed by atoms with Gasteiger partial charge in [0.05, 0.1) is 41.7 Å². The summed E-state index contributed by atoms with van der Waals surface area (Å²) in [6, 6.07) is 0. The van der Waals surface area contributed by atoms with Crippen molar-refractivity contribution in [3.8, 4) is 0 Å². The summed E-state index contributed by atoms with van der Waals surface area (Å²) in [5.41, 5.74) is -4.89. The quantitative estimate of drug-likeness (QED) is 0.166. The lowest BCUT2D eigenvalue weighted by Gasteiger charge is -2.61. The first-order valence-corrected chi connectivity index (χ1v) is 16.5. The average molecular weight is 643 g/mol. The van der Waals surface area contributed by atoms with E-state index < -0.39 is 95.1 Å². The van der Waals surface area contributed by atoms with Gasteiger partial charge in [-0.2, -0.15) is 0 Å². The summed E-state index contributed by atoms with van der Waals surface area (Å²) < 4.78 is 11.4. The molecule has 0 aromatic carbocycles. The molecule has 0 unspecified atom stereocenters. The van der Waals surface area contributed by atoms with Gasteiger partial charge >= 0.3 is 0 Å². The summed E-state index contributed by atoms with van der Waals surface area (Å²) in [7, 11) is 0. The molecule has 258 valence electrons. The van der Waals surface area contributed by atoms with E-state index in [1.54, 1.807) is 26.8 Å². The molecule has 9 N–H and O–H groups in total. The van der Waals surface area contributed by atoms with Gasteiger partial charge in [0.2, 0.25) is 0 Å². The molecule has 0 radical (unpaired) electrons. The van der Waals surface area contributed by atoms with Crippen molar-refractivity contribution in [1.82, 2.24) is 0 Å². The summed E-state index contributed by atoms with van der Waals surface area (Å²) in [5, 5.41) is 97.1. The third kappa shape index (κ3) is 5.65. The van der Waals surface area contributed by atoms with Gasteiger partial charge in [-0.1, -0.05) is 13.8 Å². The highest BCUT2D eigenvalue weighted by atomic mass is 16.7. The SMILES string of the molecule is CC(C)(O)CC[C@@H](O)[C@](C)(O)[C@H]1CC[C@@]2(O)C3=CC(=O)[C@H]4C[C@@H](O[C@@H]5O[C@H](CO)[C@@H](O)[C@H](O)[C@H]5O)[C@@H](O)C[C@]4(C)[C@H]3CC[C@]12C. The summed E-state index contributed by atoms with van der Waals surface area (Å²) in [5.74, 6) is -1.48. The Balaban J connectivity index is 1.37. The largest absolute Gasteiger partial charge is 0.394 e. The first-order chi connectivity index (χ1) is 20.7. The minimum Gasteiger partial charge on any atom is -0.394 e. The van der Waals surface area contributed by atoms with Crippen LogP contribution < -0.4 is 0 Å². The summed E-state index contributed by atoms with van der Waals surface area (Å²) in [6.45, 7) is 8.16. The van der Waals surface area contributed by atoms with Gasteiger partial charge in [-0.05, 0) is 101 Å². The maximum Gasteiger partial charge on any atom is 0.187 e. The normalized spacial score (nSPS) is 48.9. The van der Waals surface area contributed by atoms with Gasteiger partial charge in [0.25, 0.3) is 0 Å². The highest BCUT2D eigenvalue weighted by Crippen LogP contribution is 2.68. The molecule has 15 atom stereocenters. The number of rotatable bonds is 8. The Morgan fingerprint density at radius 2 is 1.69 bits per heavy atom. The molecular formula is C33H54O12. The second kappa shape index (κ2) is 11.8. The molecule has 1 heterocycles. The van der Waals surface area contributed by atoms with Crippen LogP contribution in [0.15, 0.2) is 11.6 Å². The van der Waals surface area contributed by atoms with E-state index >= 15 is 0 Å². The number of aliphatic hydroxyl groups excluding tert-OH is 6. The molecule has 4 aliphatic carbocycles. The first-order valence-electron chi connectivity index (χ1n) is 16.5. The molecule has 0 spiro atoms. The number of ketones is 1. The van der Waals surface area contributed by atoms with Crippen LogP contribution in [0.5, 0.6) is 0 Å². The van der Waals surface area contributed by atoms with Crippen LogP contribution in [0, 0.1) is 28.6 Å². The topological polar surface area (TPSA) is 218 Å². The van der Waals surface area contributed by atoms with Crippen LogP contribution in [0.4, 0.5) is 0 Å². The van der Waals surface area contributed by atoms with Crippen LogP contribution >= 0.6 is 0 Å². The van der Waals surface area contributed by atoms with Crippen molar-refractivity contribution in [1.29, 1.82) is 0 Å². The predicted octanol–water partition coefficient (Wildman–Crippen LogP) is -0.322. The molecule has 5 aliphatic rings. The molecule has 0 amide bonds. The summed E-state index contributed by atoms with van der Waals surface area (Å²) >= 11 is 0. The van der Waals surface area contributed by atoms with E-state index in [4.69, 9.17) is 9.47 Å². The number of ether oxygens (including phenoxy) is 2. The van der Waals surface area contributed by atoms with Gasteiger partial charge in [0.1, 0.15) is 24.4 Å². The number of aliphatic hydroxyl groups is 9. The standard InChI is InChI=1S/C33H54O12/c1-29(2,41)9-8-24(37)32(5,42)23-7-11-33(43)17-12-19(35)18-13-21(44-28-27(40)26(39)25(38)22(15-34)45-28)20(36)14-30(18,3)16(17)6-10-31(23,33)4/h12,16,18,20-28,34,36-43H,6-11,13-15H2,1-5H3/t16-,18+,20-,21+,22+,23-,24+,25+,26-,27+,28+,30+,31+,32+,33+/m0/s1. The van der Waals surface area contributed by atoms with Crippen LogP contribution in [0.3, 0.4) is 0 Å². The van der Waals surface area contributed by atoms with E-state index in [1.807, 2.05) is 13.8 Å². The van der Waals surface area contributed by atoms with Gasteiger partial charge in [0, 0.05) is 11.3 Å². The molecular weight excluding hydrogens is 588 g/mol. The van der Waals surface area contributed by atoms with E-state index in [-0.39, 0.29) is 31.0 Å². The van der Waals surface area contributed by atoms with E-state index in [1.165, 1.54) is 0 Å². The van der Waals surface area contributed by atoms with Gasteiger partial charge in [-0.3, -0.25) is 4.79 Å². The zero-order valence-electron chi connectivity index (χ0n) is 27.0. The summed E-state index contributed by atoms with van der Waals surface area (Å²) in [6.07, 6.45) is -6.38. The molecule has 0 bridgehead atoms. The lowest BCUT2D eigenvalue weighted by molar-refractivity contribution is -0.322. The molecule has 3 saturated carbocycles. The van der Waals surface area contributed by atoms with Crippen LogP contribution in [0.25, 0.3) is 0 Å². The lowest BCUT2D eigenvalue weighted by Crippen LogP contribution is -2.64. The van der Waals surface area contributed by atoms with E-state index in [9.17, 15) is 50.8 Å². The molecule has 12 heteroatoms. The Hall–Kier alpha value is -1.03. The van der Waals surface area contributed by atoms with Gasteiger partial charge < -0.3 is 55.4 Å². The van der Waals surface area contributed by atoms with E-state index in [0.717, 1.165) is 0 Å². The van der Waals surface area contributed by atoms with Crippen LogP contribution in [0.2, 0.25) is 0 Å². The van der Waals surface area contributed by atoms with Crippen LogP contribution in [-0.2, 0) is 14.3 Å². The Kier molecular flexibility index (Phi) is 9.28. The number of fused-ring (bicyclic) bond motifs is 5. The zero-order chi connectivity index (χ0) is 33.5. The van der Waals surface area contributed by atoms with Crippen molar-refractivity contribution in [3.63, 3.8) is 0 Å². The molecule has 1 aliphatic heterocycles. The Bertz CT molecular complexity index is 1150. The number of hydrogen-bond acceptors (Lipinski definition) is 12. The second-order valence-corrected chi connectivity index (χ2v) is 16.0. The highest BCUT2D eigenvalue weighted by Gasteiger charge is 2.69. The Labute approximate surface area is 264 Å². The fraction of sp³-hybridized carbons (Fsp3) is 0.909. The fourth-order valence-corrected chi connectivity index (χ4v) is 9.81. The third-order valence-electron chi connectivity index (χ3n) is 12.7. The van der Waals surface area contributed by atoms with Crippen molar-refractivity contribution in [2.45, 2.75) is 152 Å². The van der Waals surface area contributed by atoms with Gasteiger partial charge in [-0.25, -0.2) is 0 Å². The summed E-state index contributed by atoms with van der Waals surface area (Å²) in [4.78, 5) is 13.9. The molecule has 0 aromatic rings. The van der Waals surface area contributed by atoms with Gasteiger partial charge in [0.15, 0.2) is 12.1 Å². The Morgan fingerprint density at radius 1 is 1.02 bits per heavy atom. The van der Waals surface area contributed by atoms with Crippen molar-refractivity contribution < 1.29 is 60.2 Å². The average Bonchev–Trinajstić information content (AvgIpc) is 3.24. The van der Waals surface area contributed by atoms with E-state index in [2.05, 4.69) is 0 Å². The molecule has 1 saturated heterocycles.